The van der Waals surface area contributed by atoms with Crippen LogP contribution < -0.4 is 0 Å². The molecule has 0 atom stereocenters. The van der Waals surface area contributed by atoms with Gasteiger partial charge in [-0.2, -0.15) is 0 Å². The highest BCUT2D eigenvalue weighted by Crippen LogP contribution is 1.96. The summed E-state index contributed by atoms with van der Waals surface area (Å²) in [5.74, 6) is -0.701. The van der Waals surface area contributed by atoms with E-state index in [1.165, 1.54) is 0 Å². The van der Waals surface area contributed by atoms with Crippen molar-refractivity contribution in [2.75, 3.05) is 34.8 Å². The quantitative estimate of drug-likeness (QED) is 0.603. The molecule has 4 nitrogen and oxygen atoms in total. The van der Waals surface area contributed by atoms with E-state index in [2.05, 4.69) is 21.1 Å². The standard InChI is InChI=1S/C7H15NO2.CH4O/c1-8(2,3)6-4-5-7(9)10;1-2/h4-6H2,1-3H3;2H,1H3/p+1. The summed E-state index contributed by atoms with van der Waals surface area (Å²) in [6.45, 7) is 0.923. The summed E-state index contributed by atoms with van der Waals surface area (Å²) in [5, 5.41) is 15.3. The minimum atomic E-state index is -0.701. The maximum atomic E-state index is 10.1. The van der Waals surface area contributed by atoms with Crippen LogP contribution in [0.3, 0.4) is 0 Å². The van der Waals surface area contributed by atoms with E-state index >= 15 is 0 Å². The Balaban J connectivity index is 0. The third-order valence-electron chi connectivity index (χ3n) is 1.22. The average molecular weight is 178 g/mol. The molecule has 2 N–H and O–H groups in total. The number of quaternary nitrogens is 1. The van der Waals surface area contributed by atoms with Gasteiger partial charge in [0.05, 0.1) is 34.1 Å². The maximum absolute atomic E-state index is 10.1. The summed E-state index contributed by atoms with van der Waals surface area (Å²) in [6, 6.07) is 0. The van der Waals surface area contributed by atoms with Crippen LogP contribution in [0.15, 0.2) is 0 Å². The molecular formula is C8H20NO3+. The zero-order valence-electron chi connectivity index (χ0n) is 8.37. The van der Waals surface area contributed by atoms with Crippen LogP contribution in [0.5, 0.6) is 0 Å². The lowest BCUT2D eigenvalue weighted by atomic mass is 10.3. The zero-order valence-corrected chi connectivity index (χ0v) is 8.37. The number of hydrogen-bond donors (Lipinski definition) is 2. The molecule has 0 saturated carbocycles. The normalized spacial score (nSPS) is 10.1. The molecule has 0 aromatic heterocycles. The molecule has 0 fully saturated rings. The van der Waals surface area contributed by atoms with Crippen molar-refractivity contribution in [3.63, 3.8) is 0 Å². The van der Waals surface area contributed by atoms with Crippen LogP contribution in [0.4, 0.5) is 0 Å². The smallest absolute Gasteiger partial charge is 0.303 e. The molecule has 0 aliphatic rings. The minimum Gasteiger partial charge on any atom is -0.481 e. The SMILES string of the molecule is CO.C[N+](C)(C)CCCC(=O)O. The summed E-state index contributed by atoms with van der Waals surface area (Å²) in [6.07, 6.45) is 1.05. The van der Waals surface area contributed by atoms with Crippen LogP contribution in [-0.4, -0.2) is 55.5 Å². The van der Waals surface area contributed by atoms with Gasteiger partial charge >= 0.3 is 5.97 Å². The molecule has 0 aliphatic heterocycles. The molecule has 0 heterocycles. The predicted octanol–water partition coefficient (Wildman–Crippen LogP) is 0.166. The monoisotopic (exact) mass is 178 g/mol. The second-order valence-corrected chi connectivity index (χ2v) is 3.51. The van der Waals surface area contributed by atoms with Crippen molar-refractivity contribution in [1.29, 1.82) is 0 Å². The molecule has 74 valence electrons. The number of aliphatic hydroxyl groups excluding tert-OH is 1. The molecule has 0 bridgehead atoms. The number of aliphatic hydroxyl groups is 1. The first-order valence-corrected chi connectivity index (χ1v) is 3.89. The van der Waals surface area contributed by atoms with Gasteiger partial charge in [-0.1, -0.05) is 0 Å². The summed E-state index contributed by atoms with van der Waals surface area (Å²) < 4.78 is 0.841. The Morgan fingerprint density at radius 3 is 1.92 bits per heavy atom. The maximum Gasteiger partial charge on any atom is 0.303 e. The van der Waals surface area contributed by atoms with Crippen molar-refractivity contribution in [2.24, 2.45) is 0 Å². The van der Waals surface area contributed by atoms with E-state index in [9.17, 15) is 4.79 Å². The lowest BCUT2D eigenvalue weighted by Crippen LogP contribution is -2.35. The largest absolute Gasteiger partial charge is 0.481 e. The number of hydrogen-bond acceptors (Lipinski definition) is 2. The fraction of sp³-hybridized carbons (Fsp3) is 0.875. The molecule has 0 aromatic carbocycles. The van der Waals surface area contributed by atoms with E-state index in [0.717, 1.165) is 24.6 Å². The van der Waals surface area contributed by atoms with Crippen molar-refractivity contribution in [1.82, 2.24) is 0 Å². The first-order valence-electron chi connectivity index (χ1n) is 3.89. The second-order valence-electron chi connectivity index (χ2n) is 3.51. The first kappa shape index (κ1) is 13.9. The van der Waals surface area contributed by atoms with E-state index in [1.807, 2.05) is 0 Å². The summed E-state index contributed by atoms with van der Waals surface area (Å²) in [5.41, 5.74) is 0. The second kappa shape index (κ2) is 7.06. The van der Waals surface area contributed by atoms with Gasteiger partial charge in [0, 0.05) is 13.5 Å². The Labute approximate surface area is 74.0 Å². The number of rotatable bonds is 4. The van der Waals surface area contributed by atoms with Gasteiger partial charge in [-0.3, -0.25) is 4.79 Å². The lowest BCUT2D eigenvalue weighted by Gasteiger charge is -2.23. The molecule has 4 heteroatoms. The van der Waals surface area contributed by atoms with E-state index in [0.29, 0.717) is 0 Å². The number of aliphatic carboxylic acids is 1. The van der Waals surface area contributed by atoms with Gasteiger partial charge in [-0.05, 0) is 0 Å². The third-order valence-corrected chi connectivity index (χ3v) is 1.22. The van der Waals surface area contributed by atoms with Gasteiger partial charge < -0.3 is 14.7 Å². The molecule has 0 saturated heterocycles. The van der Waals surface area contributed by atoms with Gasteiger partial charge in [0.15, 0.2) is 0 Å². The Bertz CT molecular complexity index is 118. The van der Waals surface area contributed by atoms with Crippen LogP contribution in [0.2, 0.25) is 0 Å². The van der Waals surface area contributed by atoms with Crippen LogP contribution in [-0.2, 0) is 4.79 Å². The van der Waals surface area contributed by atoms with Crippen molar-refractivity contribution < 1.29 is 19.5 Å². The topological polar surface area (TPSA) is 57.5 Å². The van der Waals surface area contributed by atoms with E-state index in [1.54, 1.807) is 0 Å². The molecule has 0 unspecified atom stereocenters. The fourth-order valence-corrected chi connectivity index (χ4v) is 0.705. The van der Waals surface area contributed by atoms with Crippen LogP contribution >= 0.6 is 0 Å². The molecule has 0 amide bonds. The molecular weight excluding hydrogens is 158 g/mol. The molecule has 0 radical (unpaired) electrons. The van der Waals surface area contributed by atoms with Gasteiger partial charge in [-0.25, -0.2) is 0 Å². The molecule has 0 rings (SSSR count). The molecule has 0 aromatic rings. The lowest BCUT2D eigenvalue weighted by molar-refractivity contribution is -0.870. The molecule has 12 heavy (non-hydrogen) atoms. The van der Waals surface area contributed by atoms with Gasteiger partial charge in [0.2, 0.25) is 0 Å². The van der Waals surface area contributed by atoms with E-state index in [4.69, 9.17) is 10.2 Å². The number of carbonyl (C=O) groups is 1. The summed E-state index contributed by atoms with van der Waals surface area (Å²) >= 11 is 0. The highest BCUT2D eigenvalue weighted by molar-refractivity contribution is 5.66. The van der Waals surface area contributed by atoms with Crippen molar-refractivity contribution in [3.8, 4) is 0 Å². The van der Waals surface area contributed by atoms with Crippen LogP contribution in [0, 0.1) is 0 Å². The Hall–Kier alpha value is -0.610. The number of carboxylic acids is 1. The highest BCUT2D eigenvalue weighted by atomic mass is 16.4. The van der Waals surface area contributed by atoms with Gasteiger partial charge in [-0.15, -0.1) is 0 Å². The summed E-state index contributed by atoms with van der Waals surface area (Å²) in [4.78, 5) is 10.1. The average Bonchev–Trinajstić information content (AvgIpc) is 1.88. The Morgan fingerprint density at radius 2 is 1.67 bits per heavy atom. The molecule has 0 aliphatic carbocycles. The van der Waals surface area contributed by atoms with E-state index in [-0.39, 0.29) is 6.42 Å². The Kier molecular flexibility index (Phi) is 8.21. The van der Waals surface area contributed by atoms with Crippen LogP contribution in [0.1, 0.15) is 12.8 Å². The van der Waals surface area contributed by atoms with Crippen LogP contribution in [0.25, 0.3) is 0 Å². The fourth-order valence-electron chi connectivity index (χ4n) is 0.705. The first-order chi connectivity index (χ1) is 5.42. The Morgan fingerprint density at radius 1 is 1.25 bits per heavy atom. The minimum absolute atomic E-state index is 0.287. The molecule has 0 spiro atoms. The van der Waals surface area contributed by atoms with Gasteiger partial charge in [0.1, 0.15) is 0 Å². The van der Waals surface area contributed by atoms with Gasteiger partial charge in [0.25, 0.3) is 0 Å². The zero-order chi connectivity index (χ0) is 10.2. The van der Waals surface area contributed by atoms with Crippen molar-refractivity contribution in [3.05, 3.63) is 0 Å². The van der Waals surface area contributed by atoms with E-state index < -0.39 is 5.97 Å². The summed E-state index contributed by atoms with van der Waals surface area (Å²) in [7, 11) is 7.17. The van der Waals surface area contributed by atoms with Crippen molar-refractivity contribution >= 4 is 5.97 Å². The third kappa shape index (κ3) is 16.2. The number of carboxylic acid groups (broad SMARTS) is 1. The number of nitrogens with zero attached hydrogens (tertiary/aromatic N) is 1. The van der Waals surface area contributed by atoms with Crippen molar-refractivity contribution in [2.45, 2.75) is 12.8 Å². The highest BCUT2D eigenvalue weighted by Gasteiger charge is 2.07. The predicted molar refractivity (Wildman–Crippen MR) is 47.9 cm³/mol.